The average molecular weight is 481 g/mol. The van der Waals surface area contributed by atoms with Gasteiger partial charge in [0.2, 0.25) is 0 Å². The first kappa shape index (κ1) is 35.3. The van der Waals surface area contributed by atoms with Crippen molar-refractivity contribution in [3.63, 3.8) is 0 Å². The first-order valence-electron chi connectivity index (χ1n) is 5.78. The van der Waals surface area contributed by atoms with Crippen LogP contribution in [-0.4, -0.2) is 45.2 Å². The number of carboxylic acid groups (broad SMARTS) is 4. The summed E-state index contributed by atoms with van der Waals surface area (Å²) in [6.45, 7) is 0. The minimum absolute atomic E-state index is 0. The second kappa shape index (κ2) is 23.2. The van der Waals surface area contributed by atoms with Crippen molar-refractivity contribution in [2.75, 3.05) is 0 Å². The SMILES string of the molecule is N[C@@H](CCC(=O)O)C(=O)[O-].O=C(O)CCCCC(=O)O.[I-].[K+].[Na+]. The molecule has 1 atom stereocenters. The van der Waals surface area contributed by atoms with Crippen LogP contribution in [0.2, 0.25) is 0 Å². The van der Waals surface area contributed by atoms with Gasteiger partial charge in [0, 0.05) is 25.3 Å². The van der Waals surface area contributed by atoms with E-state index in [1.807, 2.05) is 0 Å². The van der Waals surface area contributed by atoms with E-state index >= 15 is 0 Å². The van der Waals surface area contributed by atoms with Crippen molar-refractivity contribution in [2.24, 2.45) is 5.73 Å². The molecule has 0 aromatic carbocycles. The Balaban J connectivity index is -0.0000000831. The molecule has 0 aliphatic carbocycles. The Labute approximate surface area is 215 Å². The van der Waals surface area contributed by atoms with Crippen molar-refractivity contribution < 1.29 is 145 Å². The molecule has 0 saturated carbocycles. The van der Waals surface area contributed by atoms with E-state index in [9.17, 15) is 24.3 Å². The van der Waals surface area contributed by atoms with Gasteiger partial charge >= 0.3 is 98.8 Å². The van der Waals surface area contributed by atoms with Crippen LogP contribution in [0.5, 0.6) is 0 Å². The predicted molar refractivity (Wildman–Crippen MR) is 63.6 cm³/mol. The molecule has 124 valence electrons. The number of carboxylic acids is 4. The van der Waals surface area contributed by atoms with Crippen LogP contribution in [0, 0.1) is 0 Å². The minimum atomic E-state index is -1.42. The first-order chi connectivity index (χ1) is 9.16. The number of aliphatic carboxylic acids is 4. The van der Waals surface area contributed by atoms with Gasteiger partial charge in [0.25, 0.3) is 0 Å². The zero-order valence-corrected chi connectivity index (χ0v) is 20.4. The molecule has 0 amide bonds. The van der Waals surface area contributed by atoms with Gasteiger partial charge in [-0.25, -0.2) is 0 Å². The summed E-state index contributed by atoms with van der Waals surface area (Å²) in [6, 6.07) is -1.17. The van der Waals surface area contributed by atoms with Crippen LogP contribution in [0.25, 0.3) is 0 Å². The summed E-state index contributed by atoms with van der Waals surface area (Å²) in [5.74, 6) is -4.21. The van der Waals surface area contributed by atoms with Crippen LogP contribution in [0.1, 0.15) is 38.5 Å². The zero-order valence-electron chi connectivity index (χ0n) is 13.2. The van der Waals surface area contributed by atoms with Crippen molar-refractivity contribution in [1.82, 2.24) is 0 Å². The van der Waals surface area contributed by atoms with E-state index in [2.05, 4.69) is 0 Å². The number of halogens is 1. The maximum Gasteiger partial charge on any atom is 1.00 e. The van der Waals surface area contributed by atoms with Gasteiger partial charge in [-0.2, -0.15) is 0 Å². The van der Waals surface area contributed by atoms with Crippen molar-refractivity contribution in [1.29, 1.82) is 0 Å². The Bertz CT molecular complexity index is 343. The number of hydrogen-bond donors (Lipinski definition) is 4. The summed E-state index contributed by atoms with van der Waals surface area (Å²) < 4.78 is 0. The molecule has 0 aliphatic heterocycles. The van der Waals surface area contributed by atoms with Gasteiger partial charge in [-0.3, -0.25) is 14.4 Å². The fourth-order valence-corrected chi connectivity index (χ4v) is 0.949. The molecular weight excluding hydrogens is 463 g/mol. The molecule has 0 spiro atoms. The first-order valence-corrected chi connectivity index (χ1v) is 5.78. The molecule has 0 heterocycles. The number of carbonyl (C=O) groups is 4. The third-order valence-corrected chi connectivity index (χ3v) is 2.00. The molecule has 0 unspecified atom stereocenters. The summed E-state index contributed by atoms with van der Waals surface area (Å²) in [5, 5.41) is 34.2. The topological polar surface area (TPSA) is 178 Å². The monoisotopic (exact) mass is 481 g/mol. The molecule has 0 aromatic rings. The van der Waals surface area contributed by atoms with Crippen molar-refractivity contribution in [2.45, 2.75) is 44.6 Å². The van der Waals surface area contributed by atoms with E-state index in [0.717, 1.165) is 0 Å². The Morgan fingerprint density at radius 1 is 0.870 bits per heavy atom. The third-order valence-electron chi connectivity index (χ3n) is 2.00. The molecule has 23 heavy (non-hydrogen) atoms. The Kier molecular flexibility index (Phi) is 35.7. The van der Waals surface area contributed by atoms with Crippen LogP contribution >= 0.6 is 0 Å². The molecule has 0 aliphatic rings. The van der Waals surface area contributed by atoms with Gasteiger partial charge in [0.1, 0.15) is 0 Å². The minimum Gasteiger partial charge on any atom is -1.00 e. The maximum absolute atomic E-state index is 9.90. The van der Waals surface area contributed by atoms with E-state index < -0.39 is 29.9 Å². The van der Waals surface area contributed by atoms with E-state index in [0.29, 0.717) is 12.8 Å². The summed E-state index contributed by atoms with van der Waals surface area (Å²) in [7, 11) is 0. The second-order valence-electron chi connectivity index (χ2n) is 3.85. The Hall–Kier alpha value is 1.21. The van der Waals surface area contributed by atoms with Gasteiger partial charge in [0.05, 0.1) is 5.97 Å². The van der Waals surface area contributed by atoms with Crippen LogP contribution in [-0.2, 0) is 19.2 Å². The molecular formula is C11H18IKNNaO8. The molecule has 0 rings (SSSR count). The molecule has 5 N–H and O–H groups in total. The average Bonchev–Trinajstić information content (AvgIpc) is 2.31. The molecule has 0 bridgehead atoms. The number of hydrogen-bond acceptors (Lipinski definition) is 6. The van der Waals surface area contributed by atoms with Crippen LogP contribution in [0.15, 0.2) is 0 Å². The van der Waals surface area contributed by atoms with Crippen molar-refractivity contribution >= 4 is 23.9 Å². The summed E-state index contributed by atoms with van der Waals surface area (Å²) in [6.07, 6.45) is 0.691. The van der Waals surface area contributed by atoms with Gasteiger partial charge in [0.15, 0.2) is 0 Å². The second-order valence-corrected chi connectivity index (χ2v) is 3.85. The van der Waals surface area contributed by atoms with Gasteiger partial charge in [-0.1, -0.05) is 0 Å². The van der Waals surface area contributed by atoms with Crippen molar-refractivity contribution in [3.05, 3.63) is 0 Å². The summed E-state index contributed by atoms with van der Waals surface area (Å²) in [4.78, 5) is 39.5. The number of unbranched alkanes of at least 4 members (excludes halogenated alkanes) is 1. The Morgan fingerprint density at radius 2 is 1.17 bits per heavy atom. The molecule has 9 nitrogen and oxygen atoms in total. The summed E-state index contributed by atoms with van der Waals surface area (Å²) >= 11 is 0. The van der Waals surface area contributed by atoms with E-state index in [1.54, 1.807) is 0 Å². The van der Waals surface area contributed by atoms with E-state index in [-0.39, 0.29) is 131 Å². The molecule has 0 fully saturated rings. The van der Waals surface area contributed by atoms with E-state index in [1.165, 1.54) is 0 Å². The molecule has 12 heteroatoms. The van der Waals surface area contributed by atoms with Crippen molar-refractivity contribution in [3.8, 4) is 0 Å². The molecule has 0 saturated heterocycles. The third kappa shape index (κ3) is 35.3. The maximum atomic E-state index is 9.90. The standard InChI is InChI=1S/C6H10O4.C5H9NO4.HI.K.Na/c7-5(8)3-1-2-4-6(9)10;6-3(5(9)10)1-2-4(7)8;;;/h1-4H2,(H,7,8)(H,9,10);3H,1-2,6H2,(H,7,8)(H,9,10);1H;;/q;;;2*+1/p-2/t;3-;;;/m.0.../s1. The van der Waals surface area contributed by atoms with E-state index in [4.69, 9.17) is 21.1 Å². The number of rotatable bonds is 9. The van der Waals surface area contributed by atoms with Gasteiger partial charge < -0.3 is 54.9 Å². The Morgan fingerprint density at radius 3 is 1.39 bits per heavy atom. The van der Waals surface area contributed by atoms with Gasteiger partial charge in [-0.05, 0) is 19.3 Å². The quantitative estimate of drug-likeness (QED) is 0.141. The fourth-order valence-electron chi connectivity index (χ4n) is 0.949. The van der Waals surface area contributed by atoms with Crippen LogP contribution < -0.4 is 116 Å². The number of nitrogens with two attached hydrogens (primary N) is 1. The van der Waals surface area contributed by atoms with Gasteiger partial charge in [-0.15, -0.1) is 0 Å². The largest absolute Gasteiger partial charge is 1.00 e. The number of carbonyl (C=O) groups excluding carboxylic acids is 1. The fraction of sp³-hybridized carbons (Fsp3) is 0.636. The van der Waals surface area contributed by atoms with Crippen LogP contribution in [0.3, 0.4) is 0 Å². The predicted octanol–water partition coefficient (Wildman–Crippen LogP) is -10.3. The smallest absolute Gasteiger partial charge is 1.00 e. The summed E-state index contributed by atoms with van der Waals surface area (Å²) in [5.41, 5.74) is 4.94. The normalized spacial score (nSPS) is 9.43. The zero-order chi connectivity index (χ0) is 16.1. The molecule has 0 aromatic heterocycles. The molecule has 0 radical (unpaired) electrons. The van der Waals surface area contributed by atoms with Crippen LogP contribution in [0.4, 0.5) is 0 Å².